The third kappa shape index (κ3) is 7.98. The summed E-state index contributed by atoms with van der Waals surface area (Å²) in [6.45, 7) is 20.8. The molecule has 0 saturated heterocycles. The molecule has 0 aliphatic rings. The lowest BCUT2D eigenvalue weighted by Gasteiger charge is -2.23. The number of allylic oxidation sites excluding steroid dienone is 1. The van der Waals surface area contributed by atoms with Crippen LogP contribution in [-0.4, -0.2) is 72.1 Å². The lowest BCUT2D eigenvalue weighted by atomic mass is 9.94. The number of aromatic nitrogens is 2. The number of likely N-dealkylation sites (N-methyl/N-ethyl adjacent to an activating group) is 2. The molecule has 0 aliphatic heterocycles. The van der Waals surface area contributed by atoms with Crippen molar-refractivity contribution >= 4 is 28.8 Å². The van der Waals surface area contributed by atoms with Crippen molar-refractivity contribution in [1.82, 2.24) is 19.8 Å². The molecule has 0 aliphatic carbocycles. The van der Waals surface area contributed by atoms with Crippen LogP contribution in [0.5, 0.6) is 0 Å². The molecule has 0 radical (unpaired) electrons. The second kappa shape index (κ2) is 14.2. The number of hydrogen-bond donors (Lipinski definition) is 2. The average molecular weight is 473 g/mol. The van der Waals surface area contributed by atoms with E-state index in [1.165, 1.54) is 5.57 Å². The Hall–Kier alpha value is -2.15. The molecule has 2 aromatic rings. The van der Waals surface area contributed by atoms with Gasteiger partial charge in [-0.25, -0.2) is 9.97 Å². The summed E-state index contributed by atoms with van der Waals surface area (Å²) >= 11 is 6.18. The van der Waals surface area contributed by atoms with Crippen molar-refractivity contribution in [2.75, 3.05) is 63.0 Å². The minimum atomic E-state index is 0.728. The van der Waals surface area contributed by atoms with E-state index in [4.69, 9.17) is 11.6 Å². The largest absolute Gasteiger partial charge is 0.368 e. The fourth-order valence-corrected chi connectivity index (χ4v) is 4.06. The first-order chi connectivity index (χ1) is 15.9. The van der Waals surface area contributed by atoms with Crippen molar-refractivity contribution in [1.29, 1.82) is 0 Å². The third-order valence-corrected chi connectivity index (χ3v) is 6.21. The van der Waals surface area contributed by atoms with Crippen molar-refractivity contribution in [3.05, 3.63) is 52.3 Å². The van der Waals surface area contributed by atoms with Gasteiger partial charge < -0.3 is 20.4 Å². The van der Waals surface area contributed by atoms with Gasteiger partial charge in [-0.15, -0.1) is 0 Å². The first-order valence-electron chi connectivity index (χ1n) is 12.2. The van der Waals surface area contributed by atoms with Crippen LogP contribution in [0.4, 0.5) is 11.6 Å². The summed E-state index contributed by atoms with van der Waals surface area (Å²) in [5.41, 5.74) is 4.44. The predicted octanol–water partition coefficient (Wildman–Crippen LogP) is 5.48. The SMILES string of the molecule is CCN(CC)CCNc1ncnc(NCCN(CC)CC)c1C(=C(C)C)c1ccc(Cl)cc1. The van der Waals surface area contributed by atoms with Gasteiger partial charge in [-0.1, -0.05) is 57.0 Å². The molecule has 2 rings (SSSR count). The van der Waals surface area contributed by atoms with Crippen LogP contribution in [0, 0.1) is 0 Å². The molecule has 182 valence electrons. The van der Waals surface area contributed by atoms with Gasteiger partial charge in [-0.05, 0) is 63.3 Å². The second-order valence-corrected chi connectivity index (χ2v) is 8.67. The Kier molecular flexibility index (Phi) is 11.6. The first kappa shape index (κ1) is 27.1. The average Bonchev–Trinajstić information content (AvgIpc) is 2.82. The molecular weight excluding hydrogens is 432 g/mol. The van der Waals surface area contributed by atoms with Gasteiger partial charge in [0.25, 0.3) is 0 Å². The zero-order valence-corrected chi connectivity index (χ0v) is 22.0. The number of hydrogen-bond acceptors (Lipinski definition) is 6. The molecule has 1 aromatic heterocycles. The van der Waals surface area contributed by atoms with Crippen LogP contribution < -0.4 is 10.6 Å². The maximum absolute atomic E-state index is 6.18. The second-order valence-electron chi connectivity index (χ2n) is 8.24. The van der Waals surface area contributed by atoms with E-state index in [9.17, 15) is 0 Å². The maximum atomic E-state index is 6.18. The zero-order chi connectivity index (χ0) is 24.2. The van der Waals surface area contributed by atoms with Gasteiger partial charge in [0.05, 0.1) is 5.56 Å². The highest BCUT2D eigenvalue weighted by molar-refractivity contribution is 6.30. The standard InChI is InChI=1S/C26H41ClN6/c1-7-32(8-2)17-15-28-25-24(23(20(5)6)21-11-13-22(27)14-12-21)26(31-19-30-25)29-16-18-33(9-3)10-4/h11-14,19H,7-10,15-18H2,1-6H3,(H2,28,29,30,31). The minimum absolute atomic E-state index is 0.728. The van der Waals surface area contributed by atoms with Gasteiger partial charge >= 0.3 is 0 Å². The summed E-state index contributed by atoms with van der Waals surface area (Å²) in [7, 11) is 0. The molecule has 0 amide bonds. The van der Waals surface area contributed by atoms with E-state index in [0.717, 1.165) is 85.7 Å². The van der Waals surface area contributed by atoms with Gasteiger partial charge in [0.1, 0.15) is 18.0 Å². The predicted molar refractivity (Wildman–Crippen MR) is 143 cm³/mol. The van der Waals surface area contributed by atoms with Crippen LogP contribution in [-0.2, 0) is 0 Å². The molecule has 0 atom stereocenters. The smallest absolute Gasteiger partial charge is 0.139 e. The first-order valence-corrected chi connectivity index (χ1v) is 12.5. The van der Waals surface area contributed by atoms with E-state index in [-0.39, 0.29) is 0 Å². The molecule has 0 spiro atoms. The van der Waals surface area contributed by atoms with Crippen LogP contribution in [0.15, 0.2) is 36.2 Å². The van der Waals surface area contributed by atoms with Crippen molar-refractivity contribution in [2.45, 2.75) is 41.5 Å². The quantitative estimate of drug-likeness (QED) is 0.379. The van der Waals surface area contributed by atoms with Gasteiger partial charge in [0, 0.05) is 31.2 Å². The van der Waals surface area contributed by atoms with Gasteiger partial charge in [0.2, 0.25) is 0 Å². The van der Waals surface area contributed by atoms with Gasteiger partial charge in [-0.3, -0.25) is 0 Å². The van der Waals surface area contributed by atoms with E-state index in [1.54, 1.807) is 6.33 Å². The Labute approximate surface area is 205 Å². The number of halogens is 1. The Balaban J connectivity index is 2.42. The Morgan fingerprint density at radius 3 is 1.64 bits per heavy atom. The maximum Gasteiger partial charge on any atom is 0.139 e. The molecule has 6 nitrogen and oxygen atoms in total. The molecule has 33 heavy (non-hydrogen) atoms. The molecule has 0 bridgehead atoms. The molecule has 7 heteroatoms. The topological polar surface area (TPSA) is 56.3 Å². The normalized spacial score (nSPS) is 11.2. The van der Waals surface area contributed by atoms with Crippen LogP contribution >= 0.6 is 11.6 Å². The highest BCUT2D eigenvalue weighted by Crippen LogP contribution is 2.35. The van der Waals surface area contributed by atoms with E-state index in [1.807, 2.05) is 12.1 Å². The van der Waals surface area contributed by atoms with E-state index in [0.29, 0.717) is 0 Å². The summed E-state index contributed by atoms with van der Waals surface area (Å²) in [4.78, 5) is 14.1. The summed E-state index contributed by atoms with van der Waals surface area (Å²) in [5.74, 6) is 1.71. The molecule has 0 saturated carbocycles. The molecule has 0 unspecified atom stereocenters. The van der Waals surface area contributed by atoms with Gasteiger partial charge in [-0.2, -0.15) is 0 Å². The number of benzene rings is 1. The highest BCUT2D eigenvalue weighted by Gasteiger charge is 2.19. The molecule has 1 heterocycles. The summed E-state index contributed by atoms with van der Waals surface area (Å²) in [6, 6.07) is 8.00. The lowest BCUT2D eigenvalue weighted by Crippen LogP contribution is -2.29. The van der Waals surface area contributed by atoms with Crippen molar-refractivity contribution in [3.8, 4) is 0 Å². The number of nitrogens with zero attached hydrogens (tertiary/aromatic N) is 4. The fraction of sp³-hybridized carbons (Fsp3) is 0.538. The van der Waals surface area contributed by atoms with Crippen molar-refractivity contribution in [3.63, 3.8) is 0 Å². The summed E-state index contributed by atoms with van der Waals surface area (Å²) in [6.07, 6.45) is 1.65. The van der Waals surface area contributed by atoms with Crippen LogP contribution in [0.2, 0.25) is 5.02 Å². The molecular formula is C26H41ClN6. The zero-order valence-electron chi connectivity index (χ0n) is 21.2. The van der Waals surface area contributed by atoms with Crippen molar-refractivity contribution in [2.24, 2.45) is 0 Å². The van der Waals surface area contributed by atoms with Gasteiger partial charge in [0.15, 0.2) is 0 Å². The van der Waals surface area contributed by atoms with E-state index < -0.39 is 0 Å². The lowest BCUT2D eigenvalue weighted by molar-refractivity contribution is 0.315. The highest BCUT2D eigenvalue weighted by atomic mass is 35.5. The van der Waals surface area contributed by atoms with E-state index in [2.05, 4.69) is 84.1 Å². The summed E-state index contributed by atoms with van der Waals surface area (Å²) < 4.78 is 0. The number of nitrogens with one attached hydrogen (secondary N) is 2. The number of rotatable bonds is 14. The van der Waals surface area contributed by atoms with Crippen LogP contribution in [0.3, 0.4) is 0 Å². The number of anilines is 2. The Bertz CT molecular complexity index is 833. The fourth-order valence-electron chi connectivity index (χ4n) is 3.93. The third-order valence-electron chi connectivity index (χ3n) is 5.96. The van der Waals surface area contributed by atoms with E-state index >= 15 is 0 Å². The Morgan fingerprint density at radius 2 is 1.24 bits per heavy atom. The van der Waals surface area contributed by atoms with Crippen molar-refractivity contribution < 1.29 is 0 Å². The molecule has 0 fully saturated rings. The minimum Gasteiger partial charge on any atom is -0.368 e. The van der Waals surface area contributed by atoms with Crippen LogP contribution in [0.1, 0.15) is 52.7 Å². The molecule has 2 N–H and O–H groups in total. The monoisotopic (exact) mass is 472 g/mol. The molecule has 1 aromatic carbocycles. The van der Waals surface area contributed by atoms with Crippen LogP contribution in [0.25, 0.3) is 5.57 Å². The Morgan fingerprint density at radius 1 is 0.788 bits per heavy atom. The summed E-state index contributed by atoms with van der Waals surface area (Å²) in [5, 5.41) is 7.90.